The van der Waals surface area contributed by atoms with Crippen LogP contribution in [0.1, 0.15) is 11.1 Å². The molecular weight excluding hydrogens is 426 g/mol. The monoisotopic (exact) mass is 441 g/mol. The third-order valence-electron chi connectivity index (χ3n) is 3.15. The Morgan fingerprint density at radius 2 is 1.91 bits per heavy atom. The summed E-state index contributed by atoms with van der Waals surface area (Å²) >= 11 is 6.93. The number of halogens is 2. The van der Waals surface area contributed by atoms with Crippen molar-refractivity contribution < 1.29 is 14.3 Å². The molecule has 23 heavy (non-hydrogen) atoms. The van der Waals surface area contributed by atoms with Crippen LogP contribution in [0.4, 0.5) is 10.5 Å². The van der Waals surface area contributed by atoms with Gasteiger partial charge < -0.3 is 9.47 Å². The predicted molar refractivity (Wildman–Crippen MR) is 97.7 cm³/mol. The Hall–Kier alpha value is -1.37. The molecule has 0 radical (unpaired) electrons. The van der Waals surface area contributed by atoms with Gasteiger partial charge in [-0.05, 0) is 45.6 Å². The first-order valence-electron chi connectivity index (χ1n) is 7.04. The summed E-state index contributed by atoms with van der Waals surface area (Å²) in [6, 6.07) is 13.4. The maximum absolute atomic E-state index is 12.1. The zero-order valence-electron chi connectivity index (χ0n) is 12.6. The molecule has 0 saturated carbocycles. The van der Waals surface area contributed by atoms with E-state index >= 15 is 0 Å². The summed E-state index contributed by atoms with van der Waals surface area (Å²) in [4.78, 5) is 12.1. The highest BCUT2D eigenvalue weighted by atomic mass is 79.9. The van der Waals surface area contributed by atoms with Crippen molar-refractivity contribution >= 4 is 43.6 Å². The Labute approximate surface area is 152 Å². The van der Waals surface area contributed by atoms with E-state index in [1.807, 2.05) is 42.5 Å². The second-order valence-electron chi connectivity index (χ2n) is 4.85. The maximum atomic E-state index is 12.1. The summed E-state index contributed by atoms with van der Waals surface area (Å²) in [6.45, 7) is 0.796. The predicted octanol–water partition coefficient (Wildman–Crippen LogP) is 5.15. The molecule has 0 heterocycles. The summed E-state index contributed by atoms with van der Waals surface area (Å²) < 4.78 is 12.1. The van der Waals surface area contributed by atoms with Gasteiger partial charge in [0, 0.05) is 16.1 Å². The number of hydrogen-bond donors (Lipinski definition) is 1. The minimum absolute atomic E-state index is 0.230. The highest BCUT2D eigenvalue weighted by Gasteiger charge is 2.13. The van der Waals surface area contributed by atoms with Gasteiger partial charge in [0.25, 0.3) is 0 Å². The molecule has 0 bridgehead atoms. The number of ether oxygens (including phenoxy) is 2. The Morgan fingerprint density at radius 3 is 2.61 bits per heavy atom. The molecule has 0 aliphatic heterocycles. The van der Waals surface area contributed by atoms with Gasteiger partial charge in [-0.2, -0.15) is 0 Å². The van der Waals surface area contributed by atoms with E-state index in [0.29, 0.717) is 18.7 Å². The van der Waals surface area contributed by atoms with Crippen LogP contribution in [0.15, 0.2) is 51.4 Å². The van der Waals surface area contributed by atoms with Gasteiger partial charge in [0.2, 0.25) is 0 Å². The average molecular weight is 443 g/mol. The standard InChI is InChI=1S/C17H17Br2NO3/c1-22-8-7-13-9-14(18)10-15(19)16(13)20-17(21)23-11-12-5-3-2-4-6-12/h2-6,9-10H,7-8,11H2,1H3,(H,20,21). The van der Waals surface area contributed by atoms with Gasteiger partial charge in [0.05, 0.1) is 12.3 Å². The summed E-state index contributed by atoms with van der Waals surface area (Å²) in [7, 11) is 1.65. The summed E-state index contributed by atoms with van der Waals surface area (Å²) in [6.07, 6.45) is 0.193. The van der Waals surface area contributed by atoms with E-state index in [1.165, 1.54) is 0 Å². The van der Waals surface area contributed by atoms with Gasteiger partial charge in [-0.25, -0.2) is 4.79 Å². The largest absolute Gasteiger partial charge is 0.444 e. The van der Waals surface area contributed by atoms with Crippen molar-refractivity contribution in [1.82, 2.24) is 0 Å². The molecule has 0 spiro atoms. The lowest BCUT2D eigenvalue weighted by Crippen LogP contribution is -2.15. The third kappa shape index (κ3) is 5.64. The summed E-state index contributed by atoms with van der Waals surface area (Å²) in [5.74, 6) is 0. The molecular formula is C17H17Br2NO3. The topological polar surface area (TPSA) is 47.6 Å². The van der Waals surface area contributed by atoms with Crippen molar-refractivity contribution in [2.24, 2.45) is 0 Å². The van der Waals surface area contributed by atoms with Crippen LogP contribution in [0, 0.1) is 0 Å². The average Bonchev–Trinajstić information content (AvgIpc) is 2.54. The first-order valence-corrected chi connectivity index (χ1v) is 8.63. The number of benzene rings is 2. The minimum atomic E-state index is -0.490. The highest BCUT2D eigenvalue weighted by molar-refractivity contribution is 9.11. The Kier molecular flexibility index (Phi) is 7.08. The van der Waals surface area contributed by atoms with Gasteiger partial charge in [-0.3, -0.25) is 5.32 Å². The van der Waals surface area contributed by atoms with E-state index in [4.69, 9.17) is 9.47 Å². The van der Waals surface area contributed by atoms with Crippen LogP contribution in [-0.2, 0) is 22.5 Å². The minimum Gasteiger partial charge on any atom is -0.444 e. The zero-order chi connectivity index (χ0) is 16.7. The van der Waals surface area contributed by atoms with E-state index in [0.717, 1.165) is 20.1 Å². The van der Waals surface area contributed by atoms with Crippen molar-refractivity contribution in [3.8, 4) is 0 Å². The fourth-order valence-electron chi connectivity index (χ4n) is 2.04. The Bertz CT molecular complexity index is 662. The molecule has 0 aromatic heterocycles. The van der Waals surface area contributed by atoms with Crippen molar-refractivity contribution in [2.45, 2.75) is 13.0 Å². The number of hydrogen-bond acceptors (Lipinski definition) is 3. The van der Waals surface area contributed by atoms with Gasteiger partial charge in [0.1, 0.15) is 6.61 Å². The molecule has 122 valence electrons. The molecule has 0 fully saturated rings. The van der Waals surface area contributed by atoms with Gasteiger partial charge >= 0.3 is 6.09 Å². The number of carbonyl (C=O) groups excluding carboxylic acids is 1. The number of anilines is 1. The Balaban J connectivity index is 2.04. The lowest BCUT2D eigenvalue weighted by Gasteiger charge is -2.14. The molecule has 2 rings (SSSR count). The number of amides is 1. The number of carbonyl (C=O) groups is 1. The van der Waals surface area contributed by atoms with E-state index in [9.17, 15) is 4.79 Å². The molecule has 6 heteroatoms. The van der Waals surface area contributed by atoms with E-state index in [1.54, 1.807) is 7.11 Å². The van der Waals surface area contributed by atoms with Crippen LogP contribution in [-0.4, -0.2) is 19.8 Å². The van der Waals surface area contributed by atoms with E-state index < -0.39 is 6.09 Å². The van der Waals surface area contributed by atoms with Crippen molar-refractivity contribution in [3.05, 3.63) is 62.5 Å². The first kappa shape index (κ1) is 18.0. The van der Waals surface area contributed by atoms with Gasteiger partial charge in [-0.1, -0.05) is 46.3 Å². The third-order valence-corrected chi connectivity index (χ3v) is 4.24. The van der Waals surface area contributed by atoms with Crippen LogP contribution in [0.25, 0.3) is 0 Å². The van der Waals surface area contributed by atoms with Crippen molar-refractivity contribution in [1.29, 1.82) is 0 Å². The summed E-state index contributed by atoms with van der Waals surface area (Å²) in [5, 5.41) is 2.80. The van der Waals surface area contributed by atoms with Crippen LogP contribution < -0.4 is 5.32 Å². The molecule has 1 amide bonds. The van der Waals surface area contributed by atoms with Crippen molar-refractivity contribution in [2.75, 3.05) is 19.0 Å². The second kappa shape index (κ2) is 9.05. The van der Waals surface area contributed by atoms with Crippen molar-refractivity contribution in [3.63, 3.8) is 0 Å². The molecule has 2 aromatic rings. The molecule has 0 aliphatic carbocycles. The van der Waals surface area contributed by atoms with Gasteiger partial charge in [0.15, 0.2) is 0 Å². The quantitative estimate of drug-likeness (QED) is 0.672. The van der Waals surface area contributed by atoms with E-state index in [2.05, 4.69) is 37.2 Å². The lowest BCUT2D eigenvalue weighted by atomic mass is 10.1. The van der Waals surface area contributed by atoms with Gasteiger partial charge in [-0.15, -0.1) is 0 Å². The number of nitrogens with one attached hydrogen (secondary N) is 1. The van der Waals surface area contributed by atoms with Crippen LogP contribution in [0.5, 0.6) is 0 Å². The molecule has 4 nitrogen and oxygen atoms in total. The highest BCUT2D eigenvalue weighted by Crippen LogP contribution is 2.31. The van der Waals surface area contributed by atoms with Crippen LogP contribution in [0.2, 0.25) is 0 Å². The molecule has 2 aromatic carbocycles. The molecule has 0 aliphatic rings. The first-order chi connectivity index (χ1) is 11.1. The van der Waals surface area contributed by atoms with Crippen LogP contribution >= 0.6 is 31.9 Å². The maximum Gasteiger partial charge on any atom is 0.411 e. The molecule has 1 N–H and O–H groups in total. The van der Waals surface area contributed by atoms with Crippen LogP contribution in [0.3, 0.4) is 0 Å². The molecule has 0 atom stereocenters. The number of methoxy groups -OCH3 is 1. The number of rotatable bonds is 6. The fourth-order valence-corrected chi connectivity index (χ4v) is 3.45. The normalized spacial score (nSPS) is 10.4. The SMILES string of the molecule is COCCc1cc(Br)cc(Br)c1NC(=O)OCc1ccccc1. The molecule has 0 saturated heterocycles. The fraction of sp³-hybridized carbons (Fsp3) is 0.235. The second-order valence-corrected chi connectivity index (χ2v) is 6.62. The smallest absolute Gasteiger partial charge is 0.411 e. The zero-order valence-corrected chi connectivity index (χ0v) is 15.8. The Morgan fingerprint density at radius 1 is 1.17 bits per heavy atom. The van der Waals surface area contributed by atoms with E-state index in [-0.39, 0.29) is 6.61 Å². The summed E-state index contributed by atoms with van der Waals surface area (Å²) in [5.41, 5.74) is 2.60. The lowest BCUT2D eigenvalue weighted by molar-refractivity contribution is 0.155. The molecule has 0 unspecified atom stereocenters.